The van der Waals surface area contributed by atoms with E-state index in [4.69, 9.17) is 18.9 Å². The number of esters is 1. The van der Waals surface area contributed by atoms with Crippen molar-refractivity contribution in [3.63, 3.8) is 0 Å². The van der Waals surface area contributed by atoms with Crippen LogP contribution in [-0.2, 0) is 9.53 Å². The minimum atomic E-state index is -1.16. The lowest BCUT2D eigenvalue weighted by Crippen LogP contribution is -2.30. The van der Waals surface area contributed by atoms with Gasteiger partial charge in [-0.2, -0.15) is 0 Å². The summed E-state index contributed by atoms with van der Waals surface area (Å²) in [6.45, 7) is 3.31. The molecule has 10 nitrogen and oxygen atoms in total. The number of rotatable bonds is 9. The number of anilines is 1. The predicted molar refractivity (Wildman–Crippen MR) is 107 cm³/mol. The molecule has 0 bridgehead atoms. The van der Waals surface area contributed by atoms with Crippen molar-refractivity contribution in [2.75, 3.05) is 26.1 Å². The van der Waals surface area contributed by atoms with E-state index in [1.807, 2.05) is 0 Å². The van der Waals surface area contributed by atoms with Crippen molar-refractivity contribution in [1.29, 1.82) is 0 Å². The van der Waals surface area contributed by atoms with E-state index < -0.39 is 22.9 Å². The van der Waals surface area contributed by atoms with Crippen LogP contribution in [0, 0.1) is 10.1 Å². The number of methoxy groups -OCH3 is 2. The third-order valence-corrected chi connectivity index (χ3v) is 4.00. The zero-order valence-corrected chi connectivity index (χ0v) is 17.0. The molecule has 0 saturated heterocycles. The summed E-state index contributed by atoms with van der Waals surface area (Å²) in [5, 5.41) is 13.8. The topological polar surface area (TPSA) is 126 Å². The minimum Gasteiger partial charge on any atom is -0.493 e. The first-order valence-corrected chi connectivity index (χ1v) is 8.95. The molecule has 1 N–H and O–H groups in total. The molecule has 10 heteroatoms. The number of hydrogen-bond donors (Lipinski definition) is 1. The first kappa shape index (κ1) is 22.5. The number of nitro benzene ring substituents is 1. The Labute approximate surface area is 172 Å². The lowest BCUT2D eigenvalue weighted by Gasteiger charge is -2.15. The predicted octanol–water partition coefficient (Wildman–Crippen LogP) is 3.19. The number of nitrogens with one attached hydrogen (secondary N) is 1. The van der Waals surface area contributed by atoms with Crippen LogP contribution >= 0.6 is 0 Å². The molecular formula is C20H22N2O8. The Morgan fingerprint density at radius 1 is 1.07 bits per heavy atom. The lowest BCUT2D eigenvalue weighted by molar-refractivity contribution is -0.385. The maximum atomic E-state index is 12.4. The van der Waals surface area contributed by atoms with Crippen LogP contribution in [0.5, 0.6) is 17.2 Å². The first-order chi connectivity index (χ1) is 14.3. The summed E-state index contributed by atoms with van der Waals surface area (Å²) < 4.78 is 20.6. The molecular weight excluding hydrogens is 396 g/mol. The van der Waals surface area contributed by atoms with E-state index in [1.54, 1.807) is 25.1 Å². The fourth-order valence-corrected chi connectivity index (χ4v) is 2.50. The van der Waals surface area contributed by atoms with Gasteiger partial charge in [0.1, 0.15) is 0 Å². The molecule has 0 aliphatic rings. The summed E-state index contributed by atoms with van der Waals surface area (Å²) in [7, 11) is 2.95. The maximum Gasteiger partial charge on any atom is 0.339 e. The van der Waals surface area contributed by atoms with Crippen LogP contribution in [0.2, 0.25) is 0 Å². The SMILES string of the molecule is CCOc1ccc(C(=O)O[C@@H](C)C(=O)Nc2ccc(OC)c(OC)c2)cc1[N+](=O)[O-]. The van der Waals surface area contributed by atoms with Crippen molar-refractivity contribution in [1.82, 2.24) is 0 Å². The Bertz CT molecular complexity index is 944. The third kappa shape index (κ3) is 5.37. The first-order valence-electron chi connectivity index (χ1n) is 8.95. The van der Waals surface area contributed by atoms with Crippen LogP contribution in [0.15, 0.2) is 36.4 Å². The zero-order chi connectivity index (χ0) is 22.3. The van der Waals surface area contributed by atoms with Crippen LogP contribution in [0.1, 0.15) is 24.2 Å². The van der Waals surface area contributed by atoms with Gasteiger partial charge in [0.2, 0.25) is 0 Å². The highest BCUT2D eigenvalue weighted by molar-refractivity contribution is 5.97. The number of carbonyl (C=O) groups is 2. The van der Waals surface area contributed by atoms with Crippen LogP contribution in [0.25, 0.3) is 0 Å². The van der Waals surface area contributed by atoms with Gasteiger partial charge in [-0.1, -0.05) is 0 Å². The van der Waals surface area contributed by atoms with E-state index in [0.29, 0.717) is 17.2 Å². The van der Waals surface area contributed by atoms with Gasteiger partial charge < -0.3 is 24.3 Å². The molecule has 0 heterocycles. The van der Waals surface area contributed by atoms with Gasteiger partial charge in [0.05, 0.1) is 31.3 Å². The molecule has 2 aromatic carbocycles. The number of nitro groups is 1. The number of ether oxygens (including phenoxy) is 4. The molecule has 0 saturated carbocycles. The zero-order valence-electron chi connectivity index (χ0n) is 17.0. The van der Waals surface area contributed by atoms with Gasteiger partial charge in [0, 0.05) is 17.8 Å². The molecule has 1 amide bonds. The Balaban J connectivity index is 2.09. The summed E-state index contributed by atoms with van der Waals surface area (Å²) in [6, 6.07) is 8.47. The lowest BCUT2D eigenvalue weighted by atomic mass is 10.2. The third-order valence-electron chi connectivity index (χ3n) is 4.00. The van der Waals surface area contributed by atoms with E-state index in [0.717, 1.165) is 6.07 Å². The van der Waals surface area contributed by atoms with Gasteiger partial charge in [0.15, 0.2) is 23.4 Å². The Morgan fingerprint density at radius 3 is 2.33 bits per heavy atom. The van der Waals surface area contributed by atoms with Gasteiger partial charge in [-0.15, -0.1) is 0 Å². The Kier molecular flexibility index (Phi) is 7.56. The largest absolute Gasteiger partial charge is 0.493 e. The van der Waals surface area contributed by atoms with Crippen molar-refractivity contribution < 1.29 is 33.5 Å². The molecule has 0 aliphatic heterocycles. The van der Waals surface area contributed by atoms with Gasteiger partial charge in [0.25, 0.3) is 5.91 Å². The van der Waals surface area contributed by atoms with Crippen molar-refractivity contribution in [2.45, 2.75) is 20.0 Å². The van der Waals surface area contributed by atoms with Crippen LogP contribution < -0.4 is 19.5 Å². The molecule has 0 aromatic heterocycles. The summed E-state index contributed by atoms with van der Waals surface area (Å²) in [4.78, 5) is 35.2. The fraction of sp³-hybridized carbons (Fsp3) is 0.300. The Hall–Kier alpha value is -3.82. The van der Waals surface area contributed by atoms with E-state index >= 15 is 0 Å². The smallest absolute Gasteiger partial charge is 0.339 e. The highest BCUT2D eigenvalue weighted by atomic mass is 16.6. The second-order valence-electron chi connectivity index (χ2n) is 5.98. The quantitative estimate of drug-likeness (QED) is 0.374. The van der Waals surface area contributed by atoms with E-state index in [-0.39, 0.29) is 23.6 Å². The molecule has 0 spiro atoms. The molecule has 0 unspecified atom stereocenters. The average molecular weight is 418 g/mol. The standard InChI is InChI=1S/C20H22N2O8/c1-5-29-16-8-6-13(10-15(16)22(25)26)20(24)30-12(2)19(23)21-14-7-9-17(27-3)18(11-14)28-4/h6-12H,5H2,1-4H3,(H,21,23)/t12-/m0/s1. The van der Waals surface area contributed by atoms with Crippen LogP contribution in [0.3, 0.4) is 0 Å². The van der Waals surface area contributed by atoms with Crippen molar-refractivity contribution in [3.8, 4) is 17.2 Å². The number of carbonyl (C=O) groups excluding carboxylic acids is 2. The van der Waals surface area contributed by atoms with Gasteiger partial charge in [-0.25, -0.2) is 4.79 Å². The molecule has 1 atom stereocenters. The van der Waals surface area contributed by atoms with E-state index in [2.05, 4.69) is 5.32 Å². The van der Waals surface area contributed by atoms with Gasteiger partial charge >= 0.3 is 11.7 Å². The highest BCUT2D eigenvalue weighted by Crippen LogP contribution is 2.30. The van der Waals surface area contributed by atoms with Crippen molar-refractivity contribution >= 4 is 23.3 Å². The minimum absolute atomic E-state index is 0.0401. The molecule has 160 valence electrons. The normalized spacial score (nSPS) is 11.2. The van der Waals surface area contributed by atoms with Gasteiger partial charge in [-0.3, -0.25) is 14.9 Å². The van der Waals surface area contributed by atoms with Crippen molar-refractivity contribution in [2.24, 2.45) is 0 Å². The maximum absolute atomic E-state index is 12.4. The monoisotopic (exact) mass is 418 g/mol. The second-order valence-corrected chi connectivity index (χ2v) is 5.98. The van der Waals surface area contributed by atoms with Crippen LogP contribution in [-0.4, -0.2) is 43.7 Å². The summed E-state index contributed by atoms with van der Waals surface area (Å²) in [5.41, 5.74) is -0.0260. The van der Waals surface area contributed by atoms with Gasteiger partial charge in [-0.05, 0) is 38.1 Å². The van der Waals surface area contributed by atoms with E-state index in [9.17, 15) is 19.7 Å². The molecule has 30 heavy (non-hydrogen) atoms. The molecule has 0 fully saturated rings. The highest BCUT2D eigenvalue weighted by Gasteiger charge is 2.23. The molecule has 0 radical (unpaired) electrons. The van der Waals surface area contributed by atoms with Crippen molar-refractivity contribution in [3.05, 3.63) is 52.1 Å². The molecule has 2 rings (SSSR count). The number of nitrogens with zero attached hydrogens (tertiary/aromatic N) is 1. The number of hydrogen-bond acceptors (Lipinski definition) is 8. The second kappa shape index (κ2) is 10.1. The average Bonchev–Trinajstić information content (AvgIpc) is 2.73. The summed E-state index contributed by atoms with van der Waals surface area (Å²) in [5.74, 6) is -0.515. The fourth-order valence-electron chi connectivity index (χ4n) is 2.50. The van der Waals surface area contributed by atoms with Crippen LogP contribution in [0.4, 0.5) is 11.4 Å². The van der Waals surface area contributed by atoms with E-state index in [1.165, 1.54) is 33.3 Å². The summed E-state index contributed by atoms with van der Waals surface area (Å²) >= 11 is 0. The number of amides is 1. The summed E-state index contributed by atoms with van der Waals surface area (Å²) in [6.07, 6.45) is -1.16. The Morgan fingerprint density at radius 2 is 1.73 bits per heavy atom. The molecule has 2 aromatic rings. The molecule has 0 aliphatic carbocycles. The number of benzene rings is 2.